The van der Waals surface area contributed by atoms with Gasteiger partial charge in [-0.3, -0.25) is 0 Å². The van der Waals surface area contributed by atoms with Gasteiger partial charge in [-0.1, -0.05) is 49.2 Å². The molecule has 5 heteroatoms. The summed E-state index contributed by atoms with van der Waals surface area (Å²) >= 11 is 20.9. The van der Waals surface area contributed by atoms with Crippen molar-refractivity contribution in [2.75, 3.05) is 0 Å². The predicted octanol–water partition coefficient (Wildman–Crippen LogP) is 6.79. The molecule has 0 nitrogen and oxygen atoms in total. The molecule has 0 aliphatic rings. The van der Waals surface area contributed by atoms with Gasteiger partial charge >= 0.3 is 0 Å². The molecule has 0 amide bonds. The van der Waals surface area contributed by atoms with Crippen LogP contribution < -0.4 is 0 Å². The van der Waals surface area contributed by atoms with Crippen LogP contribution in [-0.2, 0) is 67.0 Å². The Kier molecular flexibility index (Phi) is 11.9. The maximum absolute atomic E-state index is 5.32. The first-order valence-electron chi connectivity index (χ1n) is 9.13. The van der Waals surface area contributed by atoms with Gasteiger partial charge in [-0.2, -0.15) is 9.81 Å². The molecule has 0 aromatic heterocycles. The molecule has 0 spiro atoms. The third kappa shape index (κ3) is 7.81. The summed E-state index contributed by atoms with van der Waals surface area (Å²) in [6.07, 6.45) is 0. The summed E-state index contributed by atoms with van der Waals surface area (Å²) in [5.41, 5.74) is 9.69. The van der Waals surface area contributed by atoms with Gasteiger partial charge in [-0.05, 0) is 74.9 Å². The fraction of sp³-hybridized carbons (Fsp3) is 0.333. The van der Waals surface area contributed by atoms with Crippen LogP contribution in [0.4, 0.5) is 0 Å². The Morgan fingerprint density at radius 2 is 0.724 bits per heavy atom. The van der Waals surface area contributed by atoms with Crippen molar-refractivity contribution in [1.29, 1.82) is 0 Å². The first-order valence-corrected chi connectivity index (χ1v) is 10.8. The average molecular weight is 503 g/mol. The fourth-order valence-electron chi connectivity index (χ4n) is 3.43. The van der Waals surface area contributed by atoms with Crippen LogP contribution in [0.3, 0.4) is 0 Å². The van der Waals surface area contributed by atoms with Crippen LogP contribution in [0.2, 0.25) is 0 Å². The predicted molar refractivity (Wildman–Crippen MR) is 136 cm³/mol. The Morgan fingerprint density at radius 1 is 0.517 bits per heavy atom. The summed E-state index contributed by atoms with van der Waals surface area (Å²) in [6.45, 7) is 16.3. The van der Waals surface area contributed by atoms with Gasteiger partial charge in [0, 0.05) is 16.5 Å². The molecule has 0 saturated carbocycles. The van der Waals surface area contributed by atoms with E-state index in [1.807, 2.05) is 13.8 Å². The van der Waals surface area contributed by atoms with Crippen molar-refractivity contribution in [3.8, 4) is 0 Å². The van der Waals surface area contributed by atoms with Gasteiger partial charge in [-0.25, -0.2) is 9.81 Å². The van der Waals surface area contributed by atoms with Crippen LogP contribution >= 0.6 is 0 Å². The van der Waals surface area contributed by atoms with Crippen molar-refractivity contribution in [2.24, 2.45) is 0 Å². The summed E-state index contributed by atoms with van der Waals surface area (Å²) in [7, 11) is 0. The van der Waals surface area contributed by atoms with Crippen LogP contribution in [0.5, 0.6) is 0 Å². The number of rotatable bonds is 2. The van der Waals surface area contributed by atoms with Crippen molar-refractivity contribution < 1.29 is 16.5 Å². The van der Waals surface area contributed by atoms with Crippen molar-refractivity contribution in [2.45, 2.75) is 55.4 Å². The molecule has 0 aliphatic heterocycles. The molecule has 2 rings (SSSR count). The molecule has 162 valence electrons. The SMILES string of the molecule is C/C([S-])=C(/[S-])c1c(C)cc(C)cc1C.C/C([S-])=C(/[S-])c1c(C)cc(C)cc1C.[Ni]. The Labute approximate surface area is 209 Å². The minimum atomic E-state index is 0. The molecule has 0 fully saturated rings. The second-order valence-corrected chi connectivity index (χ2v) is 9.36. The number of hydrogen-bond donors (Lipinski definition) is 0. The summed E-state index contributed by atoms with van der Waals surface area (Å²) in [5.74, 6) is 0. The quantitative estimate of drug-likeness (QED) is 0.327. The van der Waals surface area contributed by atoms with Gasteiger partial charge in [0.2, 0.25) is 0 Å². The van der Waals surface area contributed by atoms with Crippen LogP contribution in [0.15, 0.2) is 34.1 Å². The molecule has 29 heavy (non-hydrogen) atoms. The average Bonchev–Trinajstić information content (AvgIpc) is 2.53. The normalized spacial score (nSPS) is 12.1. The van der Waals surface area contributed by atoms with E-state index < -0.39 is 0 Å². The molecule has 0 unspecified atom stereocenters. The van der Waals surface area contributed by atoms with Gasteiger partial charge in [0.15, 0.2) is 0 Å². The fourth-order valence-corrected chi connectivity index (χ4v) is 4.28. The zero-order valence-electron chi connectivity index (χ0n) is 18.3. The maximum Gasteiger partial charge on any atom is 0 e. The number of allylic oxidation sites excluding steroid dienone is 2. The molecule has 0 radical (unpaired) electrons. The van der Waals surface area contributed by atoms with E-state index in [1.165, 1.54) is 33.4 Å². The molecule has 0 heterocycles. The second-order valence-electron chi connectivity index (χ2n) is 7.32. The topological polar surface area (TPSA) is 0 Å². The zero-order chi connectivity index (χ0) is 21.8. The van der Waals surface area contributed by atoms with E-state index in [-0.39, 0.29) is 16.5 Å². The molecular weight excluding hydrogens is 475 g/mol. The molecule has 2 aromatic rings. The molecular formula is C24H28NiS4-4. The third-order valence-electron chi connectivity index (χ3n) is 4.45. The number of aryl methyl sites for hydroxylation is 6. The van der Waals surface area contributed by atoms with E-state index >= 15 is 0 Å². The molecule has 2 aromatic carbocycles. The van der Waals surface area contributed by atoms with E-state index in [9.17, 15) is 0 Å². The van der Waals surface area contributed by atoms with E-state index in [1.54, 1.807) is 0 Å². The van der Waals surface area contributed by atoms with Crippen molar-refractivity contribution in [1.82, 2.24) is 0 Å². The van der Waals surface area contributed by atoms with Gasteiger partial charge < -0.3 is 50.5 Å². The third-order valence-corrected chi connectivity index (χ3v) is 6.13. The molecule has 0 atom stereocenters. The monoisotopic (exact) mass is 502 g/mol. The molecule has 0 aliphatic carbocycles. The minimum Gasteiger partial charge on any atom is -0.785 e. The summed E-state index contributed by atoms with van der Waals surface area (Å²) in [5, 5.41) is 0. The van der Waals surface area contributed by atoms with Crippen LogP contribution in [0.25, 0.3) is 9.81 Å². The first kappa shape index (κ1) is 28.3. The van der Waals surface area contributed by atoms with Crippen LogP contribution in [0, 0.1) is 41.5 Å². The van der Waals surface area contributed by atoms with Crippen molar-refractivity contribution >= 4 is 60.3 Å². The minimum absolute atomic E-state index is 0. The van der Waals surface area contributed by atoms with Gasteiger partial charge in [0.25, 0.3) is 0 Å². The van der Waals surface area contributed by atoms with Crippen molar-refractivity contribution in [3.05, 3.63) is 78.6 Å². The summed E-state index contributed by atoms with van der Waals surface area (Å²) < 4.78 is 0. The Hall–Kier alpha value is -0.706. The van der Waals surface area contributed by atoms with E-state index in [2.05, 4.69) is 65.8 Å². The summed E-state index contributed by atoms with van der Waals surface area (Å²) in [6, 6.07) is 8.58. The Balaban J connectivity index is 0.000000523. The van der Waals surface area contributed by atoms with E-state index in [0.717, 1.165) is 30.7 Å². The zero-order valence-corrected chi connectivity index (χ0v) is 22.5. The first-order chi connectivity index (χ1) is 12.9. The van der Waals surface area contributed by atoms with Gasteiger partial charge in [-0.15, -0.1) is 0 Å². The Morgan fingerprint density at radius 3 is 0.897 bits per heavy atom. The van der Waals surface area contributed by atoms with E-state index in [4.69, 9.17) is 50.5 Å². The molecule has 0 N–H and O–H groups in total. The van der Waals surface area contributed by atoms with Gasteiger partial charge in [0.05, 0.1) is 0 Å². The van der Waals surface area contributed by atoms with Crippen LogP contribution in [0.1, 0.15) is 58.4 Å². The number of hydrogen-bond acceptors (Lipinski definition) is 4. The second kappa shape index (κ2) is 12.2. The molecule has 0 bridgehead atoms. The van der Waals surface area contributed by atoms with Crippen LogP contribution in [-0.4, -0.2) is 0 Å². The van der Waals surface area contributed by atoms with Crippen molar-refractivity contribution in [3.63, 3.8) is 0 Å². The number of benzene rings is 2. The maximum atomic E-state index is 5.32. The largest absolute Gasteiger partial charge is 0.785 e. The van der Waals surface area contributed by atoms with Gasteiger partial charge in [0.1, 0.15) is 0 Å². The van der Waals surface area contributed by atoms with E-state index in [0.29, 0.717) is 0 Å². The molecule has 0 saturated heterocycles. The smallest absolute Gasteiger partial charge is 0 e. The summed E-state index contributed by atoms with van der Waals surface area (Å²) in [4.78, 5) is 3.23. The Bertz CT molecular complexity index is 808. The standard InChI is InChI=1S/2C12H16S2.Ni/c2*1-7-5-8(2)11(9(3)6-7)12(14)10(4)13;/h2*5-6,13-14H,1-4H3;/p-4/b2*12-10-;.